The second kappa shape index (κ2) is 5.14. The van der Waals surface area contributed by atoms with E-state index in [2.05, 4.69) is 10.3 Å². The maximum atomic E-state index is 9.93. The number of rotatable bonds is 4. The van der Waals surface area contributed by atoms with E-state index >= 15 is 0 Å². The lowest BCUT2D eigenvalue weighted by Gasteiger charge is -2.10. The number of hydrogen-bond acceptors (Lipinski definition) is 4. The van der Waals surface area contributed by atoms with E-state index in [1.54, 1.807) is 22.6 Å². The van der Waals surface area contributed by atoms with Crippen LogP contribution >= 0.6 is 11.8 Å². The van der Waals surface area contributed by atoms with E-state index in [1.165, 1.54) is 0 Å². The number of benzene rings is 1. The van der Waals surface area contributed by atoms with Gasteiger partial charge in [0.15, 0.2) is 0 Å². The van der Waals surface area contributed by atoms with Crippen LogP contribution in [0.2, 0.25) is 0 Å². The molecule has 1 atom stereocenters. The summed E-state index contributed by atoms with van der Waals surface area (Å²) < 4.78 is 1.67. The molecule has 2 rings (SSSR count). The van der Waals surface area contributed by atoms with Crippen LogP contribution in [0.15, 0.2) is 36.5 Å². The van der Waals surface area contributed by atoms with Crippen LogP contribution in [-0.2, 0) is 0 Å². The van der Waals surface area contributed by atoms with Crippen LogP contribution in [0, 0.1) is 0 Å². The molecule has 0 spiro atoms. The van der Waals surface area contributed by atoms with Crippen LogP contribution in [0.1, 0.15) is 11.8 Å². The van der Waals surface area contributed by atoms with Gasteiger partial charge in [-0.2, -0.15) is 11.8 Å². The Hall–Kier alpha value is -1.33. The smallest absolute Gasteiger partial charge is 0.107 e. The van der Waals surface area contributed by atoms with Gasteiger partial charge in [-0.25, -0.2) is 4.68 Å². The van der Waals surface area contributed by atoms with Gasteiger partial charge in [0.2, 0.25) is 0 Å². The van der Waals surface area contributed by atoms with Crippen molar-refractivity contribution in [1.29, 1.82) is 0 Å². The third kappa shape index (κ3) is 2.25. The van der Waals surface area contributed by atoms with Gasteiger partial charge in [-0.05, 0) is 18.4 Å². The summed E-state index contributed by atoms with van der Waals surface area (Å²) in [6.07, 6.45) is 3.03. The van der Waals surface area contributed by atoms with Crippen LogP contribution in [-0.4, -0.2) is 32.1 Å². The Kier molecular flexibility index (Phi) is 3.58. The van der Waals surface area contributed by atoms with Crippen molar-refractivity contribution in [2.75, 3.05) is 12.0 Å². The highest BCUT2D eigenvalue weighted by molar-refractivity contribution is 7.98. The molecular weight excluding hydrogens is 222 g/mol. The Morgan fingerprint density at radius 2 is 2.12 bits per heavy atom. The largest absolute Gasteiger partial charge is 0.386 e. The van der Waals surface area contributed by atoms with E-state index in [4.69, 9.17) is 0 Å². The van der Waals surface area contributed by atoms with Gasteiger partial charge in [-0.1, -0.05) is 23.4 Å². The molecule has 1 aromatic carbocycles. The third-order valence-electron chi connectivity index (χ3n) is 2.24. The Bertz CT molecular complexity index is 444. The molecule has 0 aliphatic rings. The Balaban J connectivity index is 2.33. The van der Waals surface area contributed by atoms with Gasteiger partial charge in [-0.3, -0.25) is 0 Å². The number of aliphatic hydroxyl groups excluding tert-OH is 1. The molecule has 5 heteroatoms. The summed E-state index contributed by atoms with van der Waals surface area (Å²) in [5, 5.41) is 17.8. The molecule has 84 valence electrons. The third-order valence-corrected chi connectivity index (χ3v) is 2.89. The molecule has 0 saturated carbocycles. The van der Waals surface area contributed by atoms with E-state index in [1.807, 2.05) is 36.6 Å². The first-order valence-electron chi connectivity index (χ1n) is 4.96. The van der Waals surface area contributed by atoms with Crippen molar-refractivity contribution in [2.45, 2.75) is 6.10 Å². The number of aromatic nitrogens is 3. The first-order chi connectivity index (χ1) is 7.83. The van der Waals surface area contributed by atoms with Gasteiger partial charge in [0.05, 0.1) is 17.6 Å². The minimum atomic E-state index is -0.537. The van der Waals surface area contributed by atoms with E-state index in [-0.39, 0.29) is 0 Å². The normalized spacial score (nSPS) is 12.6. The summed E-state index contributed by atoms with van der Waals surface area (Å²) in [7, 11) is 0. The fraction of sp³-hybridized carbons (Fsp3) is 0.273. The Morgan fingerprint density at radius 3 is 2.81 bits per heavy atom. The van der Waals surface area contributed by atoms with Gasteiger partial charge in [0.25, 0.3) is 0 Å². The highest BCUT2D eigenvalue weighted by Crippen LogP contribution is 2.18. The zero-order valence-corrected chi connectivity index (χ0v) is 9.76. The number of aliphatic hydroxyl groups is 1. The molecule has 0 aliphatic heterocycles. The van der Waals surface area contributed by atoms with E-state index in [0.717, 1.165) is 11.4 Å². The maximum absolute atomic E-state index is 9.93. The number of nitrogens with zero attached hydrogens (tertiary/aromatic N) is 3. The summed E-state index contributed by atoms with van der Waals surface area (Å²) >= 11 is 1.59. The topological polar surface area (TPSA) is 50.9 Å². The quantitative estimate of drug-likeness (QED) is 0.875. The van der Waals surface area contributed by atoms with Crippen LogP contribution in [0.4, 0.5) is 0 Å². The van der Waals surface area contributed by atoms with Crippen molar-refractivity contribution < 1.29 is 5.11 Å². The maximum Gasteiger partial charge on any atom is 0.107 e. The van der Waals surface area contributed by atoms with Crippen LogP contribution < -0.4 is 0 Å². The average molecular weight is 235 g/mol. The van der Waals surface area contributed by atoms with Gasteiger partial charge >= 0.3 is 0 Å². The molecule has 0 aliphatic carbocycles. The second-order valence-electron chi connectivity index (χ2n) is 3.38. The summed E-state index contributed by atoms with van der Waals surface area (Å²) in [5.41, 5.74) is 1.63. The number of hydrogen-bond donors (Lipinski definition) is 1. The predicted octanol–water partition coefficient (Wildman–Crippen LogP) is 1.66. The molecule has 4 nitrogen and oxygen atoms in total. The standard InChI is InChI=1S/C11H13N3OS/c1-16-8-11(15)10-7-12-13-14(10)9-5-3-2-4-6-9/h2-7,11,15H,8H2,1H3. The van der Waals surface area contributed by atoms with Crippen molar-refractivity contribution >= 4 is 11.8 Å². The zero-order chi connectivity index (χ0) is 11.4. The lowest BCUT2D eigenvalue weighted by atomic mass is 10.2. The van der Waals surface area contributed by atoms with Crippen molar-refractivity contribution in [3.8, 4) is 5.69 Å². The Labute approximate surface area is 98.3 Å². The molecule has 1 aromatic heterocycles. The molecule has 1 N–H and O–H groups in total. The van der Waals surface area contributed by atoms with Gasteiger partial charge < -0.3 is 5.11 Å². The molecule has 0 fully saturated rings. The van der Waals surface area contributed by atoms with Crippen molar-refractivity contribution in [1.82, 2.24) is 15.0 Å². The predicted molar refractivity (Wildman–Crippen MR) is 64.7 cm³/mol. The van der Waals surface area contributed by atoms with Crippen LogP contribution in [0.3, 0.4) is 0 Å². The van der Waals surface area contributed by atoms with Gasteiger partial charge in [-0.15, -0.1) is 5.10 Å². The summed E-state index contributed by atoms with van der Waals surface area (Å²) in [4.78, 5) is 0. The first-order valence-corrected chi connectivity index (χ1v) is 6.35. The minimum absolute atomic E-state index is 0.537. The second-order valence-corrected chi connectivity index (χ2v) is 4.29. The number of thioether (sulfide) groups is 1. The SMILES string of the molecule is CSCC(O)c1cnnn1-c1ccccc1. The molecule has 0 saturated heterocycles. The molecule has 2 aromatic rings. The lowest BCUT2D eigenvalue weighted by Crippen LogP contribution is -2.09. The minimum Gasteiger partial charge on any atom is -0.386 e. The highest BCUT2D eigenvalue weighted by Gasteiger charge is 2.14. The molecule has 0 amide bonds. The van der Waals surface area contributed by atoms with Gasteiger partial charge in [0.1, 0.15) is 6.10 Å². The zero-order valence-electron chi connectivity index (χ0n) is 8.95. The van der Waals surface area contributed by atoms with E-state index in [9.17, 15) is 5.11 Å². The fourth-order valence-corrected chi connectivity index (χ4v) is 1.97. The molecule has 1 unspecified atom stereocenters. The first kappa shape index (κ1) is 11.2. The molecule has 0 bridgehead atoms. The van der Waals surface area contributed by atoms with E-state index < -0.39 is 6.10 Å². The monoisotopic (exact) mass is 235 g/mol. The van der Waals surface area contributed by atoms with Crippen molar-refractivity contribution in [3.05, 3.63) is 42.2 Å². The van der Waals surface area contributed by atoms with Crippen molar-refractivity contribution in [3.63, 3.8) is 0 Å². The average Bonchev–Trinajstić information content (AvgIpc) is 2.79. The molecular formula is C11H13N3OS. The van der Waals surface area contributed by atoms with E-state index in [0.29, 0.717) is 5.75 Å². The molecule has 0 radical (unpaired) electrons. The molecule has 16 heavy (non-hydrogen) atoms. The summed E-state index contributed by atoms with van der Waals surface area (Å²) in [5.74, 6) is 0.639. The lowest BCUT2D eigenvalue weighted by molar-refractivity contribution is 0.196. The Morgan fingerprint density at radius 1 is 1.38 bits per heavy atom. The fourth-order valence-electron chi connectivity index (χ4n) is 1.48. The molecule has 1 heterocycles. The van der Waals surface area contributed by atoms with Crippen molar-refractivity contribution in [2.24, 2.45) is 0 Å². The summed E-state index contributed by atoms with van der Waals surface area (Å²) in [6, 6.07) is 9.68. The van der Waals surface area contributed by atoms with Gasteiger partial charge in [0, 0.05) is 5.75 Å². The number of para-hydroxylation sites is 1. The highest BCUT2D eigenvalue weighted by atomic mass is 32.2. The van der Waals surface area contributed by atoms with Crippen LogP contribution in [0.5, 0.6) is 0 Å². The summed E-state index contributed by atoms with van der Waals surface area (Å²) in [6.45, 7) is 0. The van der Waals surface area contributed by atoms with Crippen LogP contribution in [0.25, 0.3) is 5.69 Å².